The molecule has 1 aromatic heterocycles. The summed E-state index contributed by atoms with van der Waals surface area (Å²) >= 11 is 1.26. The molecule has 2 aromatic rings. The van der Waals surface area contributed by atoms with Crippen LogP contribution in [0.5, 0.6) is 0 Å². The third kappa shape index (κ3) is 5.74. The third-order valence-corrected chi connectivity index (χ3v) is 3.74. The first-order valence-electron chi connectivity index (χ1n) is 7.24. The first kappa shape index (κ1) is 17.0. The monoisotopic (exact) mass is 334 g/mol. The van der Waals surface area contributed by atoms with E-state index in [9.17, 15) is 9.59 Å². The Bertz CT molecular complexity index is 629. The molecule has 2 rings (SSSR count). The van der Waals surface area contributed by atoms with Crippen LogP contribution in [0.15, 0.2) is 35.7 Å². The first-order valence-corrected chi connectivity index (χ1v) is 8.23. The van der Waals surface area contributed by atoms with Gasteiger partial charge in [-0.05, 0) is 30.7 Å². The average Bonchev–Trinajstić information content (AvgIpc) is 3.07. The number of aromatic amines is 1. The summed E-state index contributed by atoms with van der Waals surface area (Å²) in [7, 11) is 0. The number of hydrogen-bond acceptors (Lipinski definition) is 6. The number of nitrogens with zero attached hydrogens (tertiary/aromatic N) is 2. The highest BCUT2D eigenvalue weighted by molar-refractivity contribution is 7.99. The number of carbonyl (C=O) groups is 2. The van der Waals surface area contributed by atoms with Gasteiger partial charge in [-0.15, -0.1) is 0 Å². The Morgan fingerprint density at radius 3 is 2.74 bits per heavy atom. The molecule has 23 heavy (non-hydrogen) atoms. The zero-order chi connectivity index (χ0) is 16.5. The standard InChI is InChI=1S/C15H18N4O3S/c1-2-3-8-22-14(21)11-4-6-12(7-5-11)18-13(20)9-23-15-16-10-17-19-15/h4-7,10H,2-3,8-9H2,1H3,(H,18,20)(H,16,17,19). The lowest BCUT2D eigenvalue weighted by atomic mass is 10.2. The fourth-order valence-corrected chi connectivity index (χ4v) is 2.26. The molecule has 2 N–H and O–H groups in total. The topological polar surface area (TPSA) is 97.0 Å². The van der Waals surface area contributed by atoms with E-state index in [4.69, 9.17) is 4.74 Å². The van der Waals surface area contributed by atoms with Crippen molar-refractivity contribution >= 4 is 29.3 Å². The lowest BCUT2D eigenvalue weighted by Gasteiger charge is -2.06. The van der Waals surface area contributed by atoms with Gasteiger partial charge < -0.3 is 10.1 Å². The summed E-state index contributed by atoms with van der Waals surface area (Å²) in [5.41, 5.74) is 1.09. The van der Waals surface area contributed by atoms with Crippen LogP contribution in [0.4, 0.5) is 5.69 Å². The molecule has 0 radical (unpaired) electrons. The number of thioether (sulfide) groups is 1. The molecule has 1 amide bonds. The van der Waals surface area contributed by atoms with E-state index in [-0.39, 0.29) is 17.6 Å². The average molecular weight is 334 g/mol. The molecule has 7 nitrogen and oxygen atoms in total. The summed E-state index contributed by atoms with van der Waals surface area (Å²) in [6.45, 7) is 2.46. The number of unbranched alkanes of at least 4 members (excludes halogenated alkanes) is 1. The van der Waals surface area contributed by atoms with Gasteiger partial charge in [-0.1, -0.05) is 25.1 Å². The van der Waals surface area contributed by atoms with Crippen molar-refractivity contribution in [2.45, 2.75) is 24.9 Å². The molecule has 0 aliphatic carbocycles. The van der Waals surface area contributed by atoms with E-state index in [2.05, 4.69) is 20.5 Å². The van der Waals surface area contributed by atoms with Gasteiger partial charge in [0.15, 0.2) is 5.16 Å². The number of carbonyl (C=O) groups excluding carboxylic acids is 2. The first-order chi connectivity index (χ1) is 11.2. The van der Waals surface area contributed by atoms with E-state index >= 15 is 0 Å². The second kappa shape index (κ2) is 8.94. The van der Waals surface area contributed by atoms with E-state index in [1.807, 2.05) is 6.92 Å². The summed E-state index contributed by atoms with van der Waals surface area (Å²) in [4.78, 5) is 27.5. The summed E-state index contributed by atoms with van der Waals surface area (Å²) in [5.74, 6) is -0.294. The Balaban J connectivity index is 1.79. The number of aromatic nitrogens is 3. The highest BCUT2D eigenvalue weighted by Gasteiger charge is 2.08. The molecule has 0 spiro atoms. The number of benzene rings is 1. The number of H-pyrrole nitrogens is 1. The lowest BCUT2D eigenvalue weighted by molar-refractivity contribution is -0.113. The predicted molar refractivity (Wildman–Crippen MR) is 87.4 cm³/mol. The van der Waals surface area contributed by atoms with Crippen molar-refractivity contribution in [1.29, 1.82) is 0 Å². The normalized spacial score (nSPS) is 10.3. The van der Waals surface area contributed by atoms with Crippen molar-refractivity contribution in [2.75, 3.05) is 17.7 Å². The minimum absolute atomic E-state index is 0.162. The summed E-state index contributed by atoms with van der Waals surface area (Å²) in [5, 5.41) is 9.71. The van der Waals surface area contributed by atoms with Crippen LogP contribution >= 0.6 is 11.8 Å². The minimum atomic E-state index is -0.350. The van der Waals surface area contributed by atoms with Crippen LogP contribution in [-0.4, -0.2) is 39.4 Å². The van der Waals surface area contributed by atoms with Crippen LogP contribution in [0.25, 0.3) is 0 Å². The third-order valence-electron chi connectivity index (χ3n) is 2.87. The van der Waals surface area contributed by atoms with Gasteiger partial charge >= 0.3 is 5.97 Å². The van der Waals surface area contributed by atoms with E-state index in [1.54, 1.807) is 24.3 Å². The highest BCUT2D eigenvalue weighted by atomic mass is 32.2. The van der Waals surface area contributed by atoms with Crippen molar-refractivity contribution in [2.24, 2.45) is 0 Å². The summed E-state index contributed by atoms with van der Waals surface area (Å²) in [6.07, 6.45) is 3.21. The van der Waals surface area contributed by atoms with Crippen LogP contribution in [0.2, 0.25) is 0 Å². The van der Waals surface area contributed by atoms with E-state index in [0.717, 1.165) is 12.8 Å². The molecule has 0 aliphatic rings. The van der Waals surface area contributed by atoms with Crippen LogP contribution in [0, 0.1) is 0 Å². The maximum absolute atomic E-state index is 11.8. The van der Waals surface area contributed by atoms with Crippen molar-refractivity contribution in [3.63, 3.8) is 0 Å². The number of hydrogen-bond donors (Lipinski definition) is 2. The SMILES string of the molecule is CCCCOC(=O)c1ccc(NC(=O)CSc2ncn[nH]2)cc1. The second-order valence-electron chi connectivity index (χ2n) is 4.69. The van der Waals surface area contributed by atoms with Crippen molar-refractivity contribution in [3.8, 4) is 0 Å². The molecular formula is C15H18N4O3S. The van der Waals surface area contributed by atoms with Crippen LogP contribution in [0.1, 0.15) is 30.1 Å². The van der Waals surface area contributed by atoms with Gasteiger partial charge in [0.05, 0.1) is 17.9 Å². The van der Waals surface area contributed by atoms with E-state index in [0.29, 0.717) is 23.0 Å². The minimum Gasteiger partial charge on any atom is -0.462 e. The van der Waals surface area contributed by atoms with E-state index < -0.39 is 0 Å². The fraction of sp³-hybridized carbons (Fsp3) is 0.333. The Morgan fingerprint density at radius 2 is 2.09 bits per heavy atom. The van der Waals surface area contributed by atoms with Crippen molar-refractivity contribution < 1.29 is 14.3 Å². The number of esters is 1. The Hall–Kier alpha value is -2.35. The Labute approximate surface area is 138 Å². The number of anilines is 1. The van der Waals surface area contributed by atoms with Gasteiger partial charge in [0.2, 0.25) is 5.91 Å². The number of rotatable bonds is 8. The van der Waals surface area contributed by atoms with Crippen LogP contribution in [-0.2, 0) is 9.53 Å². The predicted octanol–water partition coefficient (Wildman–Crippen LogP) is 2.49. The second-order valence-corrected chi connectivity index (χ2v) is 5.66. The van der Waals surface area contributed by atoms with E-state index in [1.165, 1.54) is 18.1 Å². The van der Waals surface area contributed by atoms with Gasteiger partial charge in [0.1, 0.15) is 6.33 Å². The Morgan fingerprint density at radius 1 is 1.30 bits per heavy atom. The lowest BCUT2D eigenvalue weighted by Crippen LogP contribution is -2.14. The van der Waals surface area contributed by atoms with Crippen molar-refractivity contribution in [3.05, 3.63) is 36.2 Å². The molecule has 8 heteroatoms. The van der Waals surface area contributed by atoms with Gasteiger partial charge in [-0.2, -0.15) is 5.10 Å². The van der Waals surface area contributed by atoms with Crippen LogP contribution < -0.4 is 5.32 Å². The molecular weight excluding hydrogens is 316 g/mol. The number of nitrogens with one attached hydrogen (secondary N) is 2. The molecule has 0 atom stereocenters. The highest BCUT2D eigenvalue weighted by Crippen LogP contribution is 2.14. The summed E-state index contributed by atoms with van der Waals surface area (Å²) < 4.78 is 5.12. The van der Waals surface area contributed by atoms with Gasteiger partial charge in [-0.3, -0.25) is 9.89 Å². The van der Waals surface area contributed by atoms with Gasteiger partial charge in [0.25, 0.3) is 0 Å². The number of amides is 1. The quantitative estimate of drug-likeness (QED) is 0.437. The number of ether oxygens (including phenoxy) is 1. The molecule has 122 valence electrons. The van der Waals surface area contributed by atoms with Gasteiger partial charge in [-0.25, -0.2) is 9.78 Å². The van der Waals surface area contributed by atoms with Crippen molar-refractivity contribution in [1.82, 2.24) is 15.2 Å². The summed E-state index contributed by atoms with van der Waals surface area (Å²) in [6, 6.07) is 6.61. The maximum Gasteiger partial charge on any atom is 0.338 e. The van der Waals surface area contributed by atoms with Crippen LogP contribution in [0.3, 0.4) is 0 Å². The Kier molecular flexibility index (Phi) is 6.61. The van der Waals surface area contributed by atoms with Gasteiger partial charge in [0, 0.05) is 5.69 Å². The molecule has 0 saturated heterocycles. The maximum atomic E-state index is 11.8. The molecule has 0 aliphatic heterocycles. The zero-order valence-corrected chi connectivity index (χ0v) is 13.6. The molecule has 1 heterocycles. The fourth-order valence-electron chi connectivity index (χ4n) is 1.68. The molecule has 1 aromatic carbocycles. The largest absolute Gasteiger partial charge is 0.462 e. The molecule has 0 unspecified atom stereocenters. The zero-order valence-electron chi connectivity index (χ0n) is 12.7. The smallest absolute Gasteiger partial charge is 0.338 e. The molecule has 0 saturated carbocycles. The molecule has 0 bridgehead atoms. The molecule has 0 fully saturated rings.